The lowest BCUT2D eigenvalue weighted by Crippen LogP contribution is -2.31. The maximum atomic E-state index is 13.2. The molecule has 29 heavy (non-hydrogen) atoms. The van der Waals surface area contributed by atoms with Crippen LogP contribution in [-0.4, -0.2) is 22.5 Å². The Balaban J connectivity index is 1.77. The van der Waals surface area contributed by atoms with E-state index in [0.717, 1.165) is 12.1 Å². The Hall–Kier alpha value is -3.48. The Morgan fingerprint density at radius 3 is 2.48 bits per heavy atom. The fraction of sp³-hybridized carbons (Fsp3) is 0.273. The van der Waals surface area contributed by atoms with Crippen LogP contribution in [0.15, 0.2) is 72.9 Å². The SMILES string of the molecule is CC(C)(C)OC(=O)Nc1ccc(C(=O)N(C2=CC=CCC2)C2=COC=CO2)cc1. The Kier molecular flexibility index (Phi) is 6.07. The van der Waals surface area contributed by atoms with Crippen molar-refractivity contribution in [2.45, 2.75) is 39.2 Å². The molecule has 0 saturated heterocycles. The molecule has 1 heterocycles. The van der Waals surface area contributed by atoms with E-state index in [1.165, 1.54) is 23.7 Å². The van der Waals surface area contributed by atoms with Gasteiger partial charge in [-0.15, -0.1) is 0 Å². The smallest absolute Gasteiger partial charge is 0.412 e. The van der Waals surface area contributed by atoms with Crippen LogP contribution in [0.25, 0.3) is 0 Å². The highest BCUT2D eigenvalue weighted by molar-refractivity contribution is 5.97. The highest BCUT2D eigenvalue weighted by Crippen LogP contribution is 2.26. The largest absolute Gasteiger partial charge is 0.464 e. The number of anilines is 1. The molecular formula is C22H24N2O5. The van der Waals surface area contributed by atoms with Crippen LogP contribution < -0.4 is 5.32 Å². The van der Waals surface area contributed by atoms with Gasteiger partial charge in [0.25, 0.3) is 5.91 Å². The summed E-state index contributed by atoms with van der Waals surface area (Å²) < 4.78 is 15.9. The van der Waals surface area contributed by atoms with Gasteiger partial charge in [-0.1, -0.05) is 12.2 Å². The van der Waals surface area contributed by atoms with Crippen molar-refractivity contribution in [1.82, 2.24) is 4.90 Å². The number of allylic oxidation sites excluding steroid dienone is 4. The van der Waals surface area contributed by atoms with Crippen LogP contribution in [-0.2, 0) is 14.2 Å². The molecule has 0 atom stereocenters. The lowest BCUT2D eigenvalue weighted by molar-refractivity contribution is 0.0635. The van der Waals surface area contributed by atoms with Crippen LogP contribution in [0.3, 0.4) is 0 Å². The maximum absolute atomic E-state index is 13.2. The van der Waals surface area contributed by atoms with Crippen molar-refractivity contribution < 1.29 is 23.8 Å². The highest BCUT2D eigenvalue weighted by atomic mass is 16.6. The van der Waals surface area contributed by atoms with Crippen molar-refractivity contribution >= 4 is 17.7 Å². The first-order chi connectivity index (χ1) is 13.8. The summed E-state index contributed by atoms with van der Waals surface area (Å²) in [6, 6.07) is 6.58. The minimum absolute atomic E-state index is 0.263. The molecule has 0 unspecified atom stereocenters. The van der Waals surface area contributed by atoms with Crippen molar-refractivity contribution in [2.24, 2.45) is 0 Å². The molecule has 0 aromatic heterocycles. The van der Waals surface area contributed by atoms with E-state index >= 15 is 0 Å². The second-order valence-electron chi connectivity index (χ2n) is 7.45. The molecule has 1 aliphatic carbocycles. The van der Waals surface area contributed by atoms with Gasteiger partial charge < -0.3 is 14.2 Å². The third-order valence-corrected chi connectivity index (χ3v) is 3.97. The van der Waals surface area contributed by atoms with Gasteiger partial charge in [0.2, 0.25) is 5.88 Å². The van der Waals surface area contributed by atoms with Crippen LogP contribution in [0.5, 0.6) is 0 Å². The second-order valence-corrected chi connectivity index (χ2v) is 7.45. The number of benzene rings is 1. The quantitative estimate of drug-likeness (QED) is 0.773. The number of amides is 2. The van der Waals surface area contributed by atoms with Crippen LogP contribution in [0, 0.1) is 0 Å². The van der Waals surface area contributed by atoms with Gasteiger partial charge in [0.15, 0.2) is 6.26 Å². The molecule has 0 radical (unpaired) electrons. The first-order valence-electron chi connectivity index (χ1n) is 9.31. The number of carbonyl (C=O) groups is 2. The number of carbonyl (C=O) groups excluding carboxylic acids is 2. The van der Waals surface area contributed by atoms with Gasteiger partial charge in [-0.2, -0.15) is 0 Å². The summed E-state index contributed by atoms with van der Waals surface area (Å²) in [7, 11) is 0. The molecular weight excluding hydrogens is 372 g/mol. The van der Waals surface area contributed by atoms with Gasteiger partial charge >= 0.3 is 6.09 Å². The standard InChI is InChI=1S/C22H24N2O5/c1-22(2,3)29-21(26)23-17-11-9-16(10-12-17)20(25)24(18-7-5-4-6-8-18)19-15-27-13-14-28-19/h4-5,7,9-15H,6,8H2,1-3H3,(H,23,26). The third kappa shape index (κ3) is 5.51. The Bertz CT molecular complexity index is 889. The molecule has 1 aromatic carbocycles. The maximum Gasteiger partial charge on any atom is 0.412 e. The number of rotatable bonds is 4. The molecule has 0 saturated carbocycles. The minimum atomic E-state index is -0.590. The summed E-state index contributed by atoms with van der Waals surface area (Å²) in [6.07, 6.45) is 11.0. The van der Waals surface area contributed by atoms with Crippen LogP contribution in [0.4, 0.5) is 10.5 Å². The fourth-order valence-corrected chi connectivity index (χ4v) is 2.76. The first-order valence-corrected chi connectivity index (χ1v) is 9.31. The molecule has 0 spiro atoms. The van der Waals surface area contributed by atoms with Gasteiger partial charge in [0, 0.05) is 16.9 Å². The van der Waals surface area contributed by atoms with Crippen molar-refractivity contribution in [3.8, 4) is 0 Å². The zero-order valence-corrected chi connectivity index (χ0v) is 16.7. The molecule has 1 aliphatic heterocycles. The minimum Gasteiger partial charge on any atom is -0.464 e. The van der Waals surface area contributed by atoms with E-state index in [-0.39, 0.29) is 11.8 Å². The van der Waals surface area contributed by atoms with Crippen molar-refractivity contribution in [1.29, 1.82) is 0 Å². The zero-order valence-electron chi connectivity index (χ0n) is 16.7. The Labute approximate surface area is 169 Å². The molecule has 0 bridgehead atoms. The van der Waals surface area contributed by atoms with E-state index in [1.54, 1.807) is 45.0 Å². The van der Waals surface area contributed by atoms with E-state index in [2.05, 4.69) is 5.32 Å². The zero-order chi connectivity index (χ0) is 20.9. The number of nitrogens with zero attached hydrogens (tertiary/aromatic N) is 1. The summed E-state index contributed by atoms with van der Waals surface area (Å²) in [4.78, 5) is 26.6. The third-order valence-electron chi connectivity index (χ3n) is 3.97. The summed E-state index contributed by atoms with van der Waals surface area (Å²) >= 11 is 0. The second kappa shape index (κ2) is 8.68. The van der Waals surface area contributed by atoms with Crippen LogP contribution in [0.2, 0.25) is 0 Å². The number of ether oxygens (including phenoxy) is 3. The Morgan fingerprint density at radius 1 is 1.14 bits per heavy atom. The molecule has 1 N–H and O–H groups in total. The number of hydrogen-bond donors (Lipinski definition) is 1. The van der Waals surface area contributed by atoms with Gasteiger partial charge in [-0.25, -0.2) is 9.69 Å². The first kappa shape index (κ1) is 20.3. The monoisotopic (exact) mass is 396 g/mol. The molecule has 7 heteroatoms. The highest BCUT2D eigenvalue weighted by Gasteiger charge is 2.26. The van der Waals surface area contributed by atoms with E-state index < -0.39 is 11.7 Å². The van der Waals surface area contributed by atoms with E-state index in [9.17, 15) is 9.59 Å². The predicted molar refractivity (Wildman–Crippen MR) is 108 cm³/mol. The number of nitrogens with one attached hydrogen (secondary N) is 1. The van der Waals surface area contributed by atoms with E-state index in [0.29, 0.717) is 17.7 Å². The summed E-state index contributed by atoms with van der Waals surface area (Å²) in [5.74, 6) is 0.0236. The van der Waals surface area contributed by atoms with Crippen molar-refractivity contribution in [3.05, 3.63) is 78.4 Å². The summed E-state index contributed by atoms with van der Waals surface area (Å²) in [5.41, 5.74) is 1.18. The summed E-state index contributed by atoms with van der Waals surface area (Å²) in [6.45, 7) is 5.37. The van der Waals surface area contributed by atoms with Crippen LogP contribution >= 0.6 is 0 Å². The fourth-order valence-electron chi connectivity index (χ4n) is 2.76. The van der Waals surface area contributed by atoms with E-state index in [1.807, 2.05) is 18.2 Å². The normalized spacial score (nSPS) is 15.4. The lowest BCUT2D eigenvalue weighted by Gasteiger charge is -2.28. The molecule has 152 valence electrons. The molecule has 7 nitrogen and oxygen atoms in total. The number of hydrogen-bond acceptors (Lipinski definition) is 5. The topological polar surface area (TPSA) is 77.1 Å². The van der Waals surface area contributed by atoms with Crippen molar-refractivity contribution in [3.63, 3.8) is 0 Å². The predicted octanol–water partition coefficient (Wildman–Crippen LogP) is 5.03. The summed E-state index contributed by atoms with van der Waals surface area (Å²) in [5, 5.41) is 2.65. The average Bonchev–Trinajstić information content (AvgIpc) is 2.69. The average molecular weight is 396 g/mol. The van der Waals surface area contributed by atoms with Gasteiger partial charge in [-0.3, -0.25) is 10.1 Å². The van der Waals surface area contributed by atoms with Gasteiger partial charge in [0.05, 0.1) is 0 Å². The van der Waals surface area contributed by atoms with E-state index in [4.69, 9.17) is 14.2 Å². The van der Waals surface area contributed by atoms with Gasteiger partial charge in [0.1, 0.15) is 18.1 Å². The lowest BCUT2D eigenvalue weighted by atomic mass is 10.1. The molecule has 2 aliphatic rings. The molecule has 3 rings (SSSR count). The van der Waals surface area contributed by atoms with Crippen LogP contribution in [0.1, 0.15) is 44.0 Å². The Morgan fingerprint density at radius 2 is 1.90 bits per heavy atom. The molecule has 2 amide bonds. The molecule has 0 fully saturated rings. The van der Waals surface area contributed by atoms with Gasteiger partial charge in [-0.05, 0) is 64.0 Å². The molecule has 1 aromatic rings. The van der Waals surface area contributed by atoms with Crippen molar-refractivity contribution in [2.75, 3.05) is 5.32 Å².